The molecule has 0 saturated heterocycles. The van der Waals surface area contributed by atoms with Gasteiger partial charge in [-0.1, -0.05) is 0 Å². The summed E-state index contributed by atoms with van der Waals surface area (Å²) in [7, 11) is 6.29. The zero-order valence-electron chi connectivity index (χ0n) is 15.1. The van der Waals surface area contributed by atoms with Crippen molar-refractivity contribution in [3.63, 3.8) is 0 Å². The van der Waals surface area contributed by atoms with Gasteiger partial charge in [0.05, 0.1) is 28.4 Å². The maximum atomic E-state index is 10.8. The second kappa shape index (κ2) is 9.92. The molecule has 0 atom stereocenters. The number of nitrogens with two attached hydrogens (primary N) is 1. The van der Waals surface area contributed by atoms with Gasteiger partial charge in [0.15, 0.2) is 23.0 Å². The number of nitrogen functional groups attached to an aromatic ring is 1. The van der Waals surface area contributed by atoms with Crippen LogP contribution in [-0.2, 0) is 4.79 Å². The van der Waals surface area contributed by atoms with Crippen LogP contribution in [0.4, 0.5) is 11.4 Å². The van der Waals surface area contributed by atoms with Gasteiger partial charge in [0.25, 0.3) is 0 Å². The Morgan fingerprint density at radius 1 is 0.800 bits per heavy atom. The maximum Gasteiger partial charge on any atom is 0.221 e. The highest BCUT2D eigenvalue weighted by Gasteiger charge is 2.04. The molecule has 0 aliphatic rings. The van der Waals surface area contributed by atoms with Crippen molar-refractivity contribution < 1.29 is 23.7 Å². The molecule has 0 heterocycles. The number of ether oxygens (including phenoxy) is 4. The van der Waals surface area contributed by atoms with Gasteiger partial charge < -0.3 is 30.0 Å². The number of anilines is 2. The summed E-state index contributed by atoms with van der Waals surface area (Å²) in [6, 6.07) is 10.5. The molecule has 0 bridgehead atoms. The molecule has 0 aliphatic heterocycles. The minimum absolute atomic E-state index is 0.114. The lowest BCUT2D eigenvalue weighted by molar-refractivity contribution is -0.114. The molecular formula is C18H24N2O5. The third-order valence-electron chi connectivity index (χ3n) is 3.11. The van der Waals surface area contributed by atoms with Crippen LogP contribution in [-0.4, -0.2) is 34.3 Å². The summed E-state index contributed by atoms with van der Waals surface area (Å²) in [6.07, 6.45) is 0. The number of hydrogen-bond donors (Lipinski definition) is 2. The van der Waals surface area contributed by atoms with Crippen molar-refractivity contribution in [2.75, 3.05) is 39.5 Å². The summed E-state index contributed by atoms with van der Waals surface area (Å²) in [5.41, 5.74) is 6.88. The Kier molecular flexibility index (Phi) is 7.92. The van der Waals surface area contributed by atoms with Gasteiger partial charge in [-0.25, -0.2) is 0 Å². The third-order valence-corrected chi connectivity index (χ3v) is 3.11. The first kappa shape index (κ1) is 20.0. The van der Waals surface area contributed by atoms with Gasteiger partial charge in [-0.3, -0.25) is 4.79 Å². The molecule has 136 valence electrons. The smallest absolute Gasteiger partial charge is 0.221 e. The molecule has 3 N–H and O–H groups in total. The fraction of sp³-hybridized carbons (Fsp3) is 0.278. The van der Waals surface area contributed by atoms with E-state index in [4.69, 9.17) is 24.7 Å². The largest absolute Gasteiger partial charge is 0.493 e. The van der Waals surface area contributed by atoms with Crippen molar-refractivity contribution in [1.29, 1.82) is 0 Å². The van der Waals surface area contributed by atoms with E-state index in [1.165, 1.54) is 6.92 Å². The number of methoxy groups -OCH3 is 4. The average Bonchev–Trinajstić information content (AvgIpc) is 2.61. The van der Waals surface area contributed by atoms with Crippen molar-refractivity contribution in [3.05, 3.63) is 36.4 Å². The Balaban J connectivity index is 0.000000257. The Labute approximate surface area is 147 Å². The number of nitrogens with one attached hydrogen (secondary N) is 1. The fourth-order valence-corrected chi connectivity index (χ4v) is 1.97. The van der Waals surface area contributed by atoms with E-state index in [0.717, 1.165) is 0 Å². The van der Waals surface area contributed by atoms with Crippen LogP contribution < -0.4 is 30.0 Å². The van der Waals surface area contributed by atoms with Crippen LogP contribution in [0.2, 0.25) is 0 Å². The number of amides is 1. The second-order valence-corrected chi connectivity index (χ2v) is 4.87. The Hall–Kier alpha value is -3.09. The first-order valence-electron chi connectivity index (χ1n) is 7.42. The molecule has 7 nitrogen and oxygen atoms in total. The quantitative estimate of drug-likeness (QED) is 0.807. The standard InChI is InChI=1S/C10H13NO3.C8H11NO2/c1-7(12)11-8-4-5-9(13-2)10(6-8)14-3;1-10-7-4-3-6(9)5-8(7)11-2/h4-6H,1-3H3,(H,11,12);3-5H,9H2,1-2H3. The van der Waals surface area contributed by atoms with Crippen LogP contribution >= 0.6 is 0 Å². The topological polar surface area (TPSA) is 92.0 Å². The first-order chi connectivity index (χ1) is 11.9. The lowest BCUT2D eigenvalue weighted by atomic mass is 10.2. The van der Waals surface area contributed by atoms with Crippen molar-refractivity contribution >= 4 is 17.3 Å². The number of rotatable bonds is 5. The predicted molar refractivity (Wildman–Crippen MR) is 97.8 cm³/mol. The summed E-state index contributed by atoms with van der Waals surface area (Å²) >= 11 is 0. The van der Waals surface area contributed by atoms with E-state index in [1.807, 2.05) is 0 Å². The normalized spacial score (nSPS) is 9.32. The van der Waals surface area contributed by atoms with Crippen molar-refractivity contribution in [2.45, 2.75) is 6.92 Å². The predicted octanol–water partition coefficient (Wildman–Crippen LogP) is 2.95. The van der Waals surface area contributed by atoms with Gasteiger partial charge in [-0.05, 0) is 24.3 Å². The lowest BCUT2D eigenvalue weighted by Crippen LogP contribution is -2.05. The van der Waals surface area contributed by atoms with Crippen LogP contribution in [0, 0.1) is 0 Å². The molecule has 1 amide bonds. The fourth-order valence-electron chi connectivity index (χ4n) is 1.97. The Morgan fingerprint density at radius 3 is 1.76 bits per heavy atom. The average molecular weight is 348 g/mol. The highest BCUT2D eigenvalue weighted by molar-refractivity contribution is 5.89. The molecule has 0 fully saturated rings. The molecule has 0 radical (unpaired) electrons. The van der Waals surface area contributed by atoms with E-state index in [9.17, 15) is 4.79 Å². The van der Waals surface area contributed by atoms with Crippen LogP contribution in [0.15, 0.2) is 36.4 Å². The molecule has 0 saturated carbocycles. The van der Waals surface area contributed by atoms with E-state index in [1.54, 1.807) is 64.8 Å². The first-order valence-corrected chi connectivity index (χ1v) is 7.42. The SMILES string of the molecule is COc1ccc(N)cc1OC.COc1ccc(NC(C)=O)cc1OC. The Morgan fingerprint density at radius 2 is 1.28 bits per heavy atom. The monoisotopic (exact) mass is 348 g/mol. The summed E-state index contributed by atoms with van der Waals surface area (Å²) < 4.78 is 20.2. The lowest BCUT2D eigenvalue weighted by Gasteiger charge is -2.09. The number of hydrogen-bond acceptors (Lipinski definition) is 6. The molecule has 0 spiro atoms. The maximum absolute atomic E-state index is 10.8. The van der Waals surface area contributed by atoms with Gasteiger partial charge in [-0.2, -0.15) is 0 Å². The van der Waals surface area contributed by atoms with E-state index in [2.05, 4.69) is 5.32 Å². The molecule has 25 heavy (non-hydrogen) atoms. The van der Waals surface area contributed by atoms with Crippen molar-refractivity contribution in [3.8, 4) is 23.0 Å². The van der Waals surface area contributed by atoms with Gasteiger partial charge in [0, 0.05) is 30.4 Å². The highest BCUT2D eigenvalue weighted by atomic mass is 16.5. The second-order valence-electron chi connectivity index (χ2n) is 4.87. The molecule has 0 aliphatic carbocycles. The molecule has 2 aromatic rings. The number of benzene rings is 2. The van der Waals surface area contributed by atoms with Gasteiger partial charge in [-0.15, -0.1) is 0 Å². The molecule has 2 aromatic carbocycles. The molecule has 0 aromatic heterocycles. The Bertz CT molecular complexity index is 704. The van der Waals surface area contributed by atoms with E-state index in [-0.39, 0.29) is 5.91 Å². The van der Waals surface area contributed by atoms with E-state index >= 15 is 0 Å². The third kappa shape index (κ3) is 6.14. The highest BCUT2D eigenvalue weighted by Crippen LogP contribution is 2.29. The zero-order valence-corrected chi connectivity index (χ0v) is 15.1. The van der Waals surface area contributed by atoms with Crippen LogP contribution in [0.1, 0.15) is 6.92 Å². The van der Waals surface area contributed by atoms with Crippen LogP contribution in [0.25, 0.3) is 0 Å². The summed E-state index contributed by atoms with van der Waals surface area (Å²) in [5, 5.41) is 2.66. The molecule has 2 rings (SSSR count). The molecule has 7 heteroatoms. The minimum atomic E-state index is -0.114. The van der Waals surface area contributed by atoms with Gasteiger partial charge >= 0.3 is 0 Å². The van der Waals surface area contributed by atoms with Gasteiger partial charge in [0.1, 0.15) is 0 Å². The van der Waals surface area contributed by atoms with E-state index < -0.39 is 0 Å². The van der Waals surface area contributed by atoms with E-state index in [0.29, 0.717) is 34.4 Å². The van der Waals surface area contributed by atoms with Crippen LogP contribution in [0.3, 0.4) is 0 Å². The summed E-state index contributed by atoms with van der Waals surface area (Å²) in [5.74, 6) is 2.48. The summed E-state index contributed by atoms with van der Waals surface area (Å²) in [6.45, 7) is 1.46. The summed E-state index contributed by atoms with van der Waals surface area (Å²) in [4.78, 5) is 10.8. The van der Waals surface area contributed by atoms with Crippen molar-refractivity contribution in [2.24, 2.45) is 0 Å². The number of carbonyl (C=O) groups excluding carboxylic acids is 1. The van der Waals surface area contributed by atoms with Crippen molar-refractivity contribution in [1.82, 2.24) is 0 Å². The molecule has 0 unspecified atom stereocenters. The van der Waals surface area contributed by atoms with Gasteiger partial charge in [0.2, 0.25) is 5.91 Å². The minimum Gasteiger partial charge on any atom is -0.493 e. The number of carbonyl (C=O) groups is 1. The van der Waals surface area contributed by atoms with Crippen LogP contribution in [0.5, 0.6) is 23.0 Å². The zero-order chi connectivity index (χ0) is 18.8. The molecular weight excluding hydrogens is 324 g/mol.